The molecule has 1 aromatic heterocycles. The predicted octanol–water partition coefficient (Wildman–Crippen LogP) is 1.73. The molecule has 0 bridgehead atoms. The standard InChI is InChI=1S/C14H22N4O.ClH/c1-10-16-8-6-11(18-10)9-17-13(19)12-5-3-4-7-14(12,2)15;/h6,8,12H,3-5,7,9,15H2,1-2H3,(H,17,19);1H. The maximum atomic E-state index is 12.2. The van der Waals surface area contributed by atoms with Crippen LogP contribution < -0.4 is 11.1 Å². The topological polar surface area (TPSA) is 80.9 Å². The zero-order valence-corrected chi connectivity index (χ0v) is 12.9. The van der Waals surface area contributed by atoms with Crippen LogP contribution in [0.2, 0.25) is 0 Å². The first kappa shape index (κ1) is 16.9. The molecule has 0 aliphatic heterocycles. The van der Waals surface area contributed by atoms with Gasteiger partial charge in [0.05, 0.1) is 18.2 Å². The molecule has 0 saturated heterocycles. The summed E-state index contributed by atoms with van der Waals surface area (Å²) in [7, 11) is 0. The van der Waals surface area contributed by atoms with Crippen molar-refractivity contribution in [2.24, 2.45) is 11.7 Å². The molecule has 5 nitrogen and oxygen atoms in total. The zero-order chi connectivity index (χ0) is 13.9. The number of rotatable bonds is 3. The number of amides is 1. The summed E-state index contributed by atoms with van der Waals surface area (Å²) < 4.78 is 0. The van der Waals surface area contributed by atoms with Gasteiger partial charge in [-0.3, -0.25) is 4.79 Å². The molecule has 1 saturated carbocycles. The maximum Gasteiger partial charge on any atom is 0.225 e. The average molecular weight is 299 g/mol. The normalized spacial score (nSPS) is 25.6. The van der Waals surface area contributed by atoms with Crippen LogP contribution in [0.3, 0.4) is 0 Å². The minimum Gasteiger partial charge on any atom is -0.350 e. The molecule has 1 heterocycles. The van der Waals surface area contributed by atoms with Gasteiger partial charge in [-0.05, 0) is 32.8 Å². The molecule has 0 aromatic carbocycles. The lowest BCUT2D eigenvalue weighted by molar-refractivity contribution is -0.128. The van der Waals surface area contributed by atoms with Gasteiger partial charge in [-0.15, -0.1) is 12.4 Å². The highest BCUT2D eigenvalue weighted by molar-refractivity contribution is 5.85. The number of aromatic nitrogens is 2. The Kier molecular flexibility index (Phi) is 5.89. The van der Waals surface area contributed by atoms with Gasteiger partial charge >= 0.3 is 0 Å². The lowest BCUT2D eigenvalue weighted by atomic mass is 9.74. The molecule has 2 rings (SSSR count). The average Bonchev–Trinajstić information content (AvgIpc) is 2.35. The number of carbonyl (C=O) groups is 1. The Morgan fingerprint density at radius 2 is 2.30 bits per heavy atom. The molecule has 20 heavy (non-hydrogen) atoms. The van der Waals surface area contributed by atoms with Crippen molar-refractivity contribution in [3.63, 3.8) is 0 Å². The lowest BCUT2D eigenvalue weighted by Gasteiger charge is -2.37. The van der Waals surface area contributed by atoms with Gasteiger partial charge in [-0.2, -0.15) is 0 Å². The minimum atomic E-state index is -0.385. The number of hydrogen-bond acceptors (Lipinski definition) is 4. The van der Waals surface area contributed by atoms with E-state index >= 15 is 0 Å². The maximum absolute atomic E-state index is 12.2. The molecule has 2 atom stereocenters. The summed E-state index contributed by atoms with van der Waals surface area (Å²) in [5.41, 5.74) is 6.67. The Labute approximate surface area is 126 Å². The van der Waals surface area contributed by atoms with Gasteiger partial charge in [0.25, 0.3) is 0 Å². The third-order valence-corrected chi connectivity index (χ3v) is 3.85. The van der Waals surface area contributed by atoms with Crippen molar-refractivity contribution in [3.05, 3.63) is 23.8 Å². The lowest BCUT2D eigenvalue weighted by Crippen LogP contribution is -2.52. The first-order valence-corrected chi connectivity index (χ1v) is 6.84. The fraction of sp³-hybridized carbons (Fsp3) is 0.643. The Morgan fingerprint density at radius 1 is 1.55 bits per heavy atom. The number of nitrogens with zero attached hydrogens (tertiary/aromatic N) is 2. The predicted molar refractivity (Wildman–Crippen MR) is 80.4 cm³/mol. The van der Waals surface area contributed by atoms with Crippen molar-refractivity contribution in [2.45, 2.75) is 51.6 Å². The van der Waals surface area contributed by atoms with E-state index in [1.807, 2.05) is 19.9 Å². The van der Waals surface area contributed by atoms with Crippen LogP contribution in [0.4, 0.5) is 0 Å². The van der Waals surface area contributed by atoms with Crippen molar-refractivity contribution in [3.8, 4) is 0 Å². The summed E-state index contributed by atoms with van der Waals surface area (Å²) >= 11 is 0. The fourth-order valence-electron chi connectivity index (χ4n) is 2.69. The smallest absolute Gasteiger partial charge is 0.225 e. The molecule has 6 heteroatoms. The largest absolute Gasteiger partial charge is 0.350 e. The molecule has 1 amide bonds. The Balaban J connectivity index is 0.00000200. The molecule has 1 aromatic rings. The van der Waals surface area contributed by atoms with E-state index in [1.54, 1.807) is 6.20 Å². The highest BCUT2D eigenvalue weighted by Crippen LogP contribution is 2.31. The third kappa shape index (κ3) is 4.15. The van der Waals surface area contributed by atoms with Crippen LogP contribution in [-0.2, 0) is 11.3 Å². The SMILES string of the molecule is Cc1nccc(CNC(=O)C2CCCCC2(C)N)n1.Cl. The molecular weight excluding hydrogens is 276 g/mol. The summed E-state index contributed by atoms with van der Waals surface area (Å²) in [6.45, 7) is 4.25. The van der Waals surface area contributed by atoms with Crippen LogP contribution in [-0.4, -0.2) is 21.4 Å². The molecule has 1 aliphatic rings. The summed E-state index contributed by atoms with van der Waals surface area (Å²) in [5, 5.41) is 2.94. The molecule has 1 fully saturated rings. The molecule has 3 N–H and O–H groups in total. The van der Waals surface area contributed by atoms with E-state index in [0.29, 0.717) is 12.4 Å². The first-order chi connectivity index (χ1) is 8.99. The van der Waals surface area contributed by atoms with E-state index in [1.165, 1.54) is 0 Å². The van der Waals surface area contributed by atoms with Gasteiger partial charge in [0.2, 0.25) is 5.91 Å². The van der Waals surface area contributed by atoms with E-state index < -0.39 is 0 Å². The molecule has 112 valence electrons. The summed E-state index contributed by atoms with van der Waals surface area (Å²) in [4.78, 5) is 20.5. The Morgan fingerprint density at radius 3 is 2.95 bits per heavy atom. The third-order valence-electron chi connectivity index (χ3n) is 3.85. The Bertz CT molecular complexity index is 464. The number of aryl methyl sites for hydroxylation is 1. The summed E-state index contributed by atoms with van der Waals surface area (Å²) in [5.74, 6) is 0.665. The fourth-order valence-corrected chi connectivity index (χ4v) is 2.69. The number of hydrogen-bond donors (Lipinski definition) is 2. The van der Waals surface area contributed by atoms with Crippen molar-refractivity contribution >= 4 is 18.3 Å². The second kappa shape index (κ2) is 6.99. The van der Waals surface area contributed by atoms with Crippen LogP contribution in [0.1, 0.15) is 44.1 Å². The van der Waals surface area contributed by atoms with Crippen LogP contribution in [0.15, 0.2) is 12.3 Å². The monoisotopic (exact) mass is 298 g/mol. The molecule has 0 spiro atoms. The summed E-state index contributed by atoms with van der Waals surface area (Å²) in [6, 6.07) is 1.82. The van der Waals surface area contributed by atoms with Gasteiger partial charge in [0, 0.05) is 11.7 Å². The van der Waals surface area contributed by atoms with Gasteiger partial charge < -0.3 is 11.1 Å². The molecule has 1 aliphatic carbocycles. The van der Waals surface area contributed by atoms with Crippen molar-refractivity contribution in [1.82, 2.24) is 15.3 Å². The molecule has 0 radical (unpaired) electrons. The highest BCUT2D eigenvalue weighted by atomic mass is 35.5. The zero-order valence-electron chi connectivity index (χ0n) is 12.1. The number of nitrogens with two attached hydrogens (primary N) is 1. The number of halogens is 1. The van der Waals surface area contributed by atoms with Crippen molar-refractivity contribution in [1.29, 1.82) is 0 Å². The van der Waals surface area contributed by atoms with Crippen LogP contribution in [0, 0.1) is 12.8 Å². The van der Waals surface area contributed by atoms with Crippen LogP contribution in [0.5, 0.6) is 0 Å². The van der Waals surface area contributed by atoms with E-state index in [-0.39, 0.29) is 29.8 Å². The Hall–Kier alpha value is -1.20. The quantitative estimate of drug-likeness (QED) is 0.890. The van der Waals surface area contributed by atoms with E-state index in [0.717, 1.165) is 31.4 Å². The number of carbonyl (C=O) groups excluding carboxylic acids is 1. The summed E-state index contributed by atoms with van der Waals surface area (Å²) in [6.07, 6.45) is 5.69. The van der Waals surface area contributed by atoms with Crippen molar-refractivity contribution < 1.29 is 4.79 Å². The van der Waals surface area contributed by atoms with Gasteiger partial charge in [0.15, 0.2) is 0 Å². The second-order valence-corrected chi connectivity index (χ2v) is 5.62. The van der Waals surface area contributed by atoms with E-state index in [4.69, 9.17) is 5.73 Å². The van der Waals surface area contributed by atoms with E-state index in [2.05, 4.69) is 15.3 Å². The van der Waals surface area contributed by atoms with Crippen molar-refractivity contribution in [2.75, 3.05) is 0 Å². The first-order valence-electron chi connectivity index (χ1n) is 6.84. The van der Waals surface area contributed by atoms with Crippen LogP contribution >= 0.6 is 12.4 Å². The van der Waals surface area contributed by atoms with E-state index in [9.17, 15) is 4.79 Å². The number of nitrogens with one attached hydrogen (secondary N) is 1. The second-order valence-electron chi connectivity index (χ2n) is 5.62. The minimum absolute atomic E-state index is 0. The molecule has 2 unspecified atom stereocenters. The van der Waals surface area contributed by atoms with Gasteiger partial charge in [0.1, 0.15) is 5.82 Å². The van der Waals surface area contributed by atoms with Gasteiger partial charge in [-0.25, -0.2) is 9.97 Å². The van der Waals surface area contributed by atoms with Crippen LogP contribution in [0.25, 0.3) is 0 Å². The molecular formula is C14H23ClN4O. The van der Waals surface area contributed by atoms with Gasteiger partial charge in [-0.1, -0.05) is 12.8 Å². The highest BCUT2D eigenvalue weighted by Gasteiger charge is 2.37.